The van der Waals surface area contributed by atoms with Crippen LogP contribution in [0.4, 0.5) is 0 Å². The summed E-state index contributed by atoms with van der Waals surface area (Å²) >= 11 is 6.25. The Bertz CT molecular complexity index is 614. The Kier molecular flexibility index (Phi) is 4.57. The van der Waals surface area contributed by atoms with Crippen molar-refractivity contribution in [3.05, 3.63) is 46.1 Å². The fourth-order valence-electron chi connectivity index (χ4n) is 1.91. The Morgan fingerprint density at radius 1 is 1.35 bits per heavy atom. The van der Waals surface area contributed by atoms with Gasteiger partial charge in [0.2, 0.25) is 5.88 Å². The molecule has 0 aliphatic heterocycles. The topological polar surface area (TPSA) is 61.0 Å². The van der Waals surface area contributed by atoms with Gasteiger partial charge >= 0.3 is 0 Å². The Morgan fingerprint density at radius 3 is 2.75 bits per heavy atom. The molecule has 5 heteroatoms. The molecule has 0 spiro atoms. The van der Waals surface area contributed by atoms with Gasteiger partial charge in [-0.2, -0.15) is 5.10 Å². The number of aromatic nitrogens is 2. The standard InChI is InChI=1S/C15H18ClN3O/c1-9(2)12-7-14(10(3)6-13(12)16)20-15-11(8-17)4-5-18-19-15/h4-7,9H,8,17H2,1-3H3. The highest BCUT2D eigenvalue weighted by molar-refractivity contribution is 6.31. The number of aryl methyl sites for hydroxylation is 1. The molecule has 0 saturated heterocycles. The Hall–Kier alpha value is -1.65. The predicted molar refractivity (Wildman–Crippen MR) is 80.3 cm³/mol. The third-order valence-corrected chi connectivity index (χ3v) is 3.44. The first-order valence-corrected chi connectivity index (χ1v) is 6.89. The molecule has 1 aromatic carbocycles. The van der Waals surface area contributed by atoms with Crippen molar-refractivity contribution in [3.8, 4) is 11.6 Å². The van der Waals surface area contributed by atoms with Gasteiger partial charge in [-0.05, 0) is 42.2 Å². The van der Waals surface area contributed by atoms with Gasteiger partial charge in [0, 0.05) is 17.1 Å². The summed E-state index contributed by atoms with van der Waals surface area (Å²) in [7, 11) is 0. The van der Waals surface area contributed by atoms with Gasteiger partial charge in [-0.1, -0.05) is 25.4 Å². The summed E-state index contributed by atoms with van der Waals surface area (Å²) < 4.78 is 5.86. The van der Waals surface area contributed by atoms with E-state index in [9.17, 15) is 0 Å². The molecule has 0 aliphatic rings. The molecule has 106 valence electrons. The second-order valence-electron chi connectivity index (χ2n) is 4.96. The summed E-state index contributed by atoms with van der Waals surface area (Å²) in [5.41, 5.74) is 8.49. The lowest BCUT2D eigenvalue weighted by atomic mass is 10.0. The van der Waals surface area contributed by atoms with Crippen molar-refractivity contribution in [2.24, 2.45) is 5.73 Å². The van der Waals surface area contributed by atoms with E-state index in [0.29, 0.717) is 18.3 Å². The Labute approximate surface area is 123 Å². The van der Waals surface area contributed by atoms with Crippen LogP contribution in [0, 0.1) is 6.92 Å². The maximum Gasteiger partial charge on any atom is 0.243 e. The summed E-state index contributed by atoms with van der Waals surface area (Å²) in [6, 6.07) is 5.67. The number of nitrogens with two attached hydrogens (primary N) is 1. The van der Waals surface area contributed by atoms with Crippen LogP contribution in [0.2, 0.25) is 5.02 Å². The molecule has 0 unspecified atom stereocenters. The van der Waals surface area contributed by atoms with Crippen LogP contribution in [0.5, 0.6) is 11.6 Å². The number of ether oxygens (including phenoxy) is 1. The zero-order chi connectivity index (χ0) is 14.7. The molecule has 0 amide bonds. The normalized spacial score (nSPS) is 10.9. The number of halogens is 1. The third kappa shape index (κ3) is 3.08. The van der Waals surface area contributed by atoms with Crippen LogP contribution < -0.4 is 10.5 Å². The highest BCUT2D eigenvalue weighted by Gasteiger charge is 2.12. The van der Waals surface area contributed by atoms with Gasteiger partial charge in [0.15, 0.2) is 0 Å². The van der Waals surface area contributed by atoms with E-state index in [1.165, 1.54) is 0 Å². The van der Waals surface area contributed by atoms with E-state index in [2.05, 4.69) is 24.0 Å². The molecular weight excluding hydrogens is 274 g/mol. The van der Waals surface area contributed by atoms with E-state index in [4.69, 9.17) is 22.1 Å². The van der Waals surface area contributed by atoms with Crippen LogP contribution in [0.1, 0.15) is 36.5 Å². The summed E-state index contributed by atoms with van der Waals surface area (Å²) in [5.74, 6) is 1.49. The maximum absolute atomic E-state index is 6.25. The molecule has 0 aliphatic carbocycles. The number of rotatable bonds is 4. The SMILES string of the molecule is Cc1cc(Cl)c(C(C)C)cc1Oc1nnccc1CN. The molecule has 0 radical (unpaired) electrons. The number of nitrogens with zero attached hydrogens (tertiary/aromatic N) is 2. The first kappa shape index (κ1) is 14.8. The molecule has 0 saturated carbocycles. The smallest absolute Gasteiger partial charge is 0.243 e. The second kappa shape index (κ2) is 6.20. The van der Waals surface area contributed by atoms with E-state index in [-0.39, 0.29) is 0 Å². The van der Waals surface area contributed by atoms with Crippen LogP contribution >= 0.6 is 11.6 Å². The van der Waals surface area contributed by atoms with Crippen LogP contribution in [0.15, 0.2) is 24.4 Å². The van der Waals surface area contributed by atoms with E-state index in [0.717, 1.165) is 27.5 Å². The number of hydrogen-bond donors (Lipinski definition) is 1. The van der Waals surface area contributed by atoms with Crippen LogP contribution in [-0.2, 0) is 6.54 Å². The molecule has 0 fully saturated rings. The zero-order valence-electron chi connectivity index (χ0n) is 11.9. The fraction of sp³-hybridized carbons (Fsp3) is 0.333. The molecule has 2 rings (SSSR count). The van der Waals surface area contributed by atoms with Crippen molar-refractivity contribution in [2.75, 3.05) is 0 Å². The lowest BCUT2D eigenvalue weighted by molar-refractivity contribution is 0.444. The van der Waals surface area contributed by atoms with Crippen molar-refractivity contribution in [1.29, 1.82) is 0 Å². The number of hydrogen-bond acceptors (Lipinski definition) is 4. The van der Waals surface area contributed by atoms with Crippen molar-refractivity contribution in [1.82, 2.24) is 10.2 Å². The summed E-state index contributed by atoms with van der Waals surface area (Å²) in [5, 5.41) is 8.59. The third-order valence-electron chi connectivity index (χ3n) is 3.11. The molecule has 0 bridgehead atoms. The molecule has 2 aromatic rings. The van der Waals surface area contributed by atoms with Crippen molar-refractivity contribution in [3.63, 3.8) is 0 Å². The monoisotopic (exact) mass is 291 g/mol. The zero-order valence-corrected chi connectivity index (χ0v) is 12.6. The second-order valence-corrected chi connectivity index (χ2v) is 5.37. The molecule has 20 heavy (non-hydrogen) atoms. The van der Waals surface area contributed by atoms with E-state index < -0.39 is 0 Å². The largest absolute Gasteiger partial charge is 0.437 e. The van der Waals surface area contributed by atoms with Crippen molar-refractivity contribution in [2.45, 2.75) is 33.2 Å². The minimum absolute atomic E-state index is 0.321. The van der Waals surface area contributed by atoms with E-state index >= 15 is 0 Å². The van der Waals surface area contributed by atoms with Gasteiger partial charge in [-0.15, -0.1) is 5.10 Å². The van der Waals surface area contributed by atoms with Gasteiger partial charge in [0.1, 0.15) is 5.75 Å². The molecule has 4 nitrogen and oxygen atoms in total. The Balaban J connectivity index is 2.40. The molecule has 1 heterocycles. The van der Waals surface area contributed by atoms with Gasteiger partial charge < -0.3 is 10.5 Å². The van der Waals surface area contributed by atoms with Gasteiger partial charge in [0.25, 0.3) is 0 Å². The highest BCUT2D eigenvalue weighted by atomic mass is 35.5. The summed E-state index contributed by atoms with van der Waals surface area (Å²) in [6.45, 7) is 6.49. The summed E-state index contributed by atoms with van der Waals surface area (Å²) in [4.78, 5) is 0. The van der Waals surface area contributed by atoms with Crippen molar-refractivity contribution >= 4 is 11.6 Å². The van der Waals surface area contributed by atoms with Crippen LogP contribution in [-0.4, -0.2) is 10.2 Å². The molecule has 2 N–H and O–H groups in total. The van der Waals surface area contributed by atoms with Crippen molar-refractivity contribution < 1.29 is 4.74 Å². The minimum atomic E-state index is 0.321. The average molecular weight is 292 g/mol. The molecule has 1 aromatic heterocycles. The highest BCUT2D eigenvalue weighted by Crippen LogP contribution is 2.33. The first-order chi connectivity index (χ1) is 9.52. The van der Waals surface area contributed by atoms with E-state index in [1.54, 1.807) is 12.3 Å². The van der Waals surface area contributed by atoms with Crippen LogP contribution in [0.25, 0.3) is 0 Å². The summed E-state index contributed by atoms with van der Waals surface area (Å²) in [6.07, 6.45) is 1.60. The first-order valence-electron chi connectivity index (χ1n) is 6.51. The predicted octanol–water partition coefficient (Wildman–Crippen LogP) is 3.81. The Morgan fingerprint density at radius 2 is 2.10 bits per heavy atom. The average Bonchev–Trinajstić information content (AvgIpc) is 2.42. The van der Waals surface area contributed by atoms with Gasteiger partial charge in [0.05, 0.1) is 6.20 Å². The maximum atomic E-state index is 6.25. The molecular formula is C15H18ClN3O. The van der Waals surface area contributed by atoms with Gasteiger partial charge in [-0.25, -0.2) is 0 Å². The van der Waals surface area contributed by atoms with E-state index in [1.807, 2.05) is 19.1 Å². The lowest BCUT2D eigenvalue weighted by Crippen LogP contribution is -2.03. The van der Waals surface area contributed by atoms with Crippen LogP contribution in [0.3, 0.4) is 0 Å². The number of benzene rings is 1. The molecule has 0 atom stereocenters. The fourth-order valence-corrected chi connectivity index (χ4v) is 2.35. The van der Waals surface area contributed by atoms with Gasteiger partial charge in [-0.3, -0.25) is 0 Å². The lowest BCUT2D eigenvalue weighted by Gasteiger charge is -2.14. The quantitative estimate of drug-likeness (QED) is 0.930. The minimum Gasteiger partial charge on any atom is -0.437 e.